The SMILES string of the molecule is CC(C)(O)COC(=O)CCl. The van der Waals surface area contributed by atoms with Gasteiger partial charge in [0.25, 0.3) is 0 Å². The monoisotopic (exact) mass is 166 g/mol. The fourth-order valence-corrected chi connectivity index (χ4v) is 0.373. The molecule has 10 heavy (non-hydrogen) atoms. The molecule has 0 aromatic rings. The minimum absolute atomic E-state index is 0.0153. The van der Waals surface area contributed by atoms with Gasteiger partial charge >= 0.3 is 5.97 Å². The molecule has 0 fully saturated rings. The molecular formula is C6H11ClO3. The van der Waals surface area contributed by atoms with Gasteiger partial charge in [0.2, 0.25) is 0 Å². The van der Waals surface area contributed by atoms with Gasteiger partial charge in [0.15, 0.2) is 0 Å². The quantitative estimate of drug-likeness (QED) is 0.492. The minimum atomic E-state index is -0.971. The number of esters is 1. The number of alkyl halides is 1. The third kappa shape index (κ3) is 5.85. The van der Waals surface area contributed by atoms with Crippen molar-refractivity contribution in [3.63, 3.8) is 0 Å². The fraction of sp³-hybridized carbons (Fsp3) is 0.833. The van der Waals surface area contributed by atoms with Gasteiger partial charge in [-0.05, 0) is 13.8 Å². The fourth-order valence-electron chi connectivity index (χ4n) is 0.296. The summed E-state index contributed by atoms with van der Waals surface area (Å²) in [7, 11) is 0. The van der Waals surface area contributed by atoms with Gasteiger partial charge in [-0.25, -0.2) is 0 Å². The van der Waals surface area contributed by atoms with Crippen molar-refractivity contribution < 1.29 is 14.6 Å². The van der Waals surface area contributed by atoms with Crippen LogP contribution in [0.15, 0.2) is 0 Å². The van der Waals surface area contributed by atoms with Crippen LogP contribution in [0.3, 0.4) is 0 Å². The Hall–Kier alpha value is -0.280. The van der Waals surface area contributed by atoms with Crippen molar-refractivity contribution >= 4 is 17.6 Å². The molecule has 3 nitrogen and oxygen atoms in total. The van der Waals surface area contributed by atoms with Crippen LogP contribution in [-0.2, 0) is 9.53 Å². The third-order valence-corrected chi connectivity index (χ3v) is 0.914. The maximum Gasteiger partial charge on any atom is 0.320 e. The van der Waals surface area contributed by atoms with Gasteiger partial charge in [0, 0.05) is 0 Å². The average molecular weight is 167 g/mol. The zero-order valence-corrected chi connectivity index (χ0v) is 6.81. The molecule has 0 heterocycles. The zero-order valence-electron chi connectivity index (χ0n) is 6.06. The van der Waals surface area contributed by atoms with Crippen molar-refractivity contribution in [2.45, 2.75) is 19.4 Å². The normalized spacial score (nSPS) is 11.2. The van der Waals surface area contributed by atoms with Gasteiger partial charge < -0.3 is 9.84 Å². The molecule has 0 radical (unpaired) electrons. The van der Waals surface area contributed by atoms with Crippen LogP contribution >= 0.6 is 11.6 Å². The molecule has 0 amide bonds. The zero-order chi connectivity index (χ0) is 8.20. The molecule has 0 bridgehead atoms. The number of hydrogen-bond acceptors (Lipinski definition) is 3. The summed E-state index contributed by atoms with van der Waals surface area (Å²) < 4.78 is 4.53. The van der Waals surface area contributed by atoms with Crippen LogP contribution in [0.1, 0.15) is 13.8 Å². The lowest BCUT2D eigenvalue weighted by Crippen LogP contribution is -2.28. The van der Waals surface area contributed by atoms with Gasteiger partial charge in [0.05, 0.1) is 5.60 Å². The van der Waals surface area contributed by atoms with E-state index in [4.69, 9.17) is 16.7 Å². The molecule has 0 aromatic carbocycles. The summed E-state index contributed by atoms with van der Waals surface area (Å²) >= 11 is 5.12. The van der Waals surface area contributed by atoms with Gasteiger partial charge in [-0.2, -0.15) is 0 Å². The first-order valence-electron chi connectivity index (χ1n) is 2.89. The number of carbonyl (C=O) groups is 1. The van der Waals surface area contributed by atoms with Crippen LogP contribution in [0.2, 0.25) is 0 Å². The second-order valence-corrected chi connectivity index (χ2v) is 2.87. The maximum atomic E-state index is 10.4. The highest BCUT2D eigenvalue weighted by Crippen LogP contribution is 2.00. The highest BCUT2D eigenvalue weighted by molar-refractivity contribution is 6.26. The minimum Gasteiger partial charge on any atom is -0.462 e. The van der Waals surface area contributed by atoms with E-state index in [1.165, 1.54) is 0 Å². The molecule has 4 heteroatoms. The van der Waals surface area contributed by atoms with E-state index in [2.05, 4.69) is 4.74 Å². The van der Waals surface area contributed by atoms with Crippen LogP contribution in [0.4, 0.5) is 0 Å². The molecule has 0 spiro atoms. The van der Waals surface area contributed by atoms with Gasteiger partial charge in [0.1, 0.15) is 12.5 Å². The summed E-state index contributed by atoms with van der Waals surface area (Å²) in [5.41, 5.74) is -0.971. The highest BCUT2D eigenvalue weighted by atomic mass is 35.5. The van der Waals surface area contributed by atoms with E-state index in [0.717, 1.165) is 0 Å². The lowest BCUT2D eigenvalue weighted by molar-refractivity contribution is -0.146. The lowest BCUT2D eigenvalue weighted by atomic mass is 10.2. The maximum absolute atomic E-state index is 10.4. The van der Waals surface area contributed by atoms with E-state index >= 15 is 0 Å². The molecule has 0 atom stereocenters. The van der Waals surface area contributed by atoms with Crippen molar-refractivity contribution in [3.05, 3.63) is 0 Å². The first-order valence-corrected chi connectivity index (χ1v) is 3.43. The first-order chi connectivity index (χ1) is 4.45. The van der Waals surface area contributed by atoms with Gasteiger partial charge in [-0.15, -0.1) is 11.6 Å². The Morgan fingerprint density at radius 2 is 2.20 bits per heavy atom. The van der Waals surface area contributed by atoms with Crippen molar-refractivity contribution in [2.24, 2.45) is 0 Å². The van der Waals surface area contributed by atoms with Crippen LogP contribution in [0.25, 0.3) is 0 Å². The number of halogens is 1. The molecule has 1 N–H and O–H groups in total. The van der Waals surface area contributed by atoms with Crippen LogP contribution in [0.5, 0.6) is 0 Å². The smallest absolute Gasteiger partial charge is 0.320 e. The summed E-state index contributed by atoms with van der Waals surface area (Å²) in [6, 6.07) is 0. The summed E-state index contributed by atoms with van der Waals surface area (Å²) in [6.07, 6.45) is 0. The van der Waals surface area contributed by atoms with E-state index in [0.29, 0.717) is 0 Å². The second-order valence-electron chi connectivity index (χ2n) is 2.61. The van der Waals surface area contributed by atoms with Gasteiger partial charge in [-0.3, -0.25) is 4.79 Å². The van der Waals surface area contributed by atoms with Gasteiger partial charge in [-0.1, -0.05) is 0 Å². The summed E-state index contributed by atoms with van der Waals surface area (Å²) in [6.45, 7) is 3.08. The van der Waals surface area contributed by atoms with Crippen LogP contribution in [0, 0.1) is 0 Å². The molecule has 60 valence electrons. The molecule has 0 saturated carbocycles. The Morgan fingerprint density at radius 3 is 2.50 bits per heavy atom. The molecule has 0 rings (SSSR count). The average Bonchev–Trinajstić information content (AvgIpc) is 1.81. The van der Waals surface area contributed by atoms with E-state index < -0.39 is 11.6 Å². The van der Waals surface area contributed by atoms with Crippen molar-refractivity contribution in [3.8, 4) is 0 Å². The Bertz CT molecular complexity index is 117. The largest absolute Gasteiger partial charge is 0.462 e. The predicted molar refractivity (Wildman–Crippen MR) is 38.0 cm³/mol. The Balaban J connectivity index is 3.46. The topological polar surface area (TPSA) is 46.5 Å². The van der Waals surface area contributed by atoms with E-state index in [9.17, 15) is 4.79 Å². The van der Waals surface area contributed by atoms with E-state index in [1.54, 1.807) is 13.8 Å². The molecule has 0 aliphatic carbocycles. The first kappa shape index (κ1) is 9.72. The summed E-state index contributed by atoms with van der Waals surface area (Å²) in [4.78, 5) is 10.4. The Kier molecular flexibility index (Phi) is 3.68. The Labute approximate surface area is 64.9 Å². The third-order valence-electron chi connectivity index (χ3n) is 0.695. The number of rotatable bonds is 3. The Morgan fingerprint density at radius 1 is 1.70 bits per heavy atom. The number of ether oxygens (including phenoxy) is 1. The standard InChI is InChI=1S/C6H11ClO3/c1-6(2,9)4-10-5(8)3-7/h9H,3-4H2,1-2H3. The van der Waals surface area contributed by atoms with Crippen LogP contribution < -0.4 is 0 Å². The number of aliphatic hydroxyl groups is 1. The van der Waals surface area contributed by atoms with Crippen molar-refractivity contribution in [1.29, 1.82) is 0 Å². The number of carbonyl (C=O) groups excluding carboxylic acids is 1. The molecule has 0 unspecified atom stereocenters. The number of hydrogen-bond donors (Lipinski definition) is 1. The highest BCUT2D eigenvalue weighted by Gasteiger charge is 2.14. The van der Waals surface area contributed by atoms with E-state index in [1.807, 2.05) is 0 Å². The van der Waals surface area contributed by atoms with E-state index in [-0.39, 0.29) is 12.5 Å². The van der Waals surface area contributed by atoms with Crippen LogP contribution in [-0.4, -0.2) is 29.2 Å². The predicted octanol–water partition coefficient (Wildman–Crippen LogP) is 0.539. The summed E-state index contributed by atoms with van der Waals surface area (Å²) in [5.74, 6) is -0.681. The molecule has 0 aliphatic heterocycles. The molecule has 0 saturated heterocycles. The molecule has 0 aromatic heterocycles. The molecule has 0 aliphatic rings. The van der Waals surface area contributed by atoms with Crippen molar-refractivity contribution in [2.75, 3.05) is 12.5 Å². The summed E-state index contributed by atoms with van der Waals surface area (Å²) in [5, 5.41) is 9.04. The lowest BCUT2D eigenvalue weighted by Gasteiger charge is -2.15. The second kappa shape index (κ2) is 3.78. The van der Waals surface area contributed by atoms with Crippen molar-refractivity contribution in [1.82, 2.24) is 0 Å². The molecular weight excluding hydrogens is 156 g/mol.